The van der Waals surface area contributed by atoms with Crippen LogP contribution in [0.15, 0.2) is 18.2 Å². The van der Waals surface area contributed by atoms with E-state index in [2.05, 4.69) is 5.32 Å². The molecule has 0 aromatic heterocycles. The molecule has 5 nitrogen and oxygen atoms in total. The van der Waals surface area contributed by atoms with Crippen LogP contribution in [0, 0.1) is 5.82 Å². The molecule has 6 heteroatoms. The molecule has 1 aromatic rings. The first-order valence-corrected chi connectivity index (χ1v) is 7.81. The number of halogens is 1. The highest BCUT2D eigenvalue weighted by Gasteiger charge is 2.29. The summed E-state index contributed by atoms with van der Waals surface area (Å²) in [6.07, 6.45) is 3.33. The number of benzene rings is 1. The van der Waals surface area contributed by atoms with Gasteiger partial charge in [-0.05, 0) is 43.9 Å². The van der Waals surface area contributed by atoms with Gasteiger partial charge in [-0.2, -0.15) is 0 Å². The third kappa shape index (κ3) is 2.96. The fourth-order valence-electron chi connectivity index (χ4n) is 3.07. The van der Waals surface area contributed by atoms with Gasteiger partial charge < -0.3 is 20.2 Å². The van der Waals surface area contributed by atoms with Gasteiger partial charge in [0.15, 0.2) is 0 Å². The van der Waals surface area contributed by atoms with Gasteiger partial charge in [-0.3, -0.25) is 0 Å². The standard InChI is InChI=1S/C16H22FN3O2/c1-19(16(21)22)13-7-8-20(10-13)15-6-5-12(9-14(15)17)18-11-3-2-4-11/h5-6,9,11,13,18H,2-4,7-8,10H2,1H3,(H,21,22)/t13-/m1/s1. The number of hydrogen-bond acceptors (Lipinski definition) is 3. The molecule has 3 rings (SSSR count). The summed E-state index contributed by atoms with van der Waals surface area (Å²) in [6.45, 7) is 1.21. The number of likely N-dealkylation sites (N-methyl/N-ethyl adjacent to an activating group) is 1. The highest BCUT2D eigenvalue weighted by Crippen LogP contribution is 2.29. The normalized spacial score (nSPS) is 21.5. The Hall–Kier alpha value is -1.98. The number of nitrogens with one attached hydrogen (secondary N) is 1. The van der Waals surface area contributed by atoms with Crippen LogP contribution in [-0.4, -0.2) is 48.3 Å². The van der Waals surface area contributed by atoms with Crippen LogP contribution in [0.3, 0.4) is 0 Å². The lowest BCUT2D eigenvalue weighted by Crippen LogP contribution is -2.38. The van der Waals surface area contributed by atoms with Crippen molar-refractivity contribution in [2.45, 2.75) is 37.8 Å². The maximum atomic E-state index is 14.3. The zero-order chi connectivity index (χ0) is 15.7. The summed E-state index contributed by atoms with van der Waals surface area (Å²) in [4.78, 5) is 14.2. The number of anilines is 2. The van der Waals surface area contributed by atoms with Crippen LogP contribution in [0.5, 0.6) is 0 Å². The largest absolute Gasteiger partial charge is 0.465 e. The predicted octanol–water partition coefficient (Wildman–Crippen LogP) is 2.98. The molecule has 1 atom stereocenters. The van der Waals surface area contributed by atoms with Gasteiger partial charge in [-0.1, -0.05) is 0 Å². The van der Waals surface area contributed by atoms with E-state index in [0.717, 1.165) is 24.9 Å². The lowest BCUT2D eigenvalue weighted by Gasteiger charge is -2.28. The minimum absolute atomic E-state index is 0.0790. The van der Waals surface area contributed by atoms with Gasteiger partial charge in [0.25, 0.3) is 0 Å². The lowest BCUT2D eigenvalue weighted by molar-refractivity contribution is 0.142. The van der Waals surface area contributed by atoms with Gasteiger partial charge in [0.1, 0.15) is 5.82 Å². The average Bonchev–Trinajstić information content (AvgIpc) is 2.91. The van der Waals surface area contributed by atoms with Crippen LogP contribution in [0.1, 0.15) is 25.7 Å². The molecule has 1 aliphatic heterocycles. The van der Waals surface area contributed by atoms with Crippen molar-refractivity contribution in [1.29, 1.82) is 0 Å². The molecular formula is C16H22FN3O2. The number of carbonyl (C=O) groups is 1. The molecule has 22 heavy (non-hydrogen) atoms. The number of amides is 1. The van der Waals surface area contributed by atoms with Gasteiger partial charge in [-0.15, -0.1) is 0 Å². The van der Waals surface area contributed by atoms with Gasteiger partial charge in [0, 0.05) is 31.9 Å². The lowest BCUT2D eigenvalue weighted by atomic mass is 9.93. The molecule has 0 bridgehead atoms. The molecule has 1 amide bonds. The molecule has 1 saturated heterocycles. The second-order valence-electron chi connectivity index (χ2n) is 6.22. The second-order valence-corrected chi connectivity index (χ2v) is 6.22. The summed E-state index contributed by atoms with van der Waals surface area (Å²) in [5.41, 5.74) is 1.38. The van der Waals surface area contributed by atoms with Crippen molar-refractivity contribution in [2.75, 3.05) is 30.4 Å². The van der Waals surface area contributed by atoms with E-state index in [1.54, 1.807) is 19.2 Å². The Kier molecular flexibility index (Phi) is 4.09. The zero-order valence-corrected chi connectivity index (χ0v) is 12.8. The molecule has 0 radical (unpaired) electrons. The van der Waals surface area contributed by atoms with Crippen molar-refractivity contribution >= 4 is 17.5 Å². The molecule has 0 spiro atoms. The van der Waals surface area contributed by atoms with Crippen LogP contribution in [0.25, 0.3) is 0 Å². The highest BCUT2D eigenvalue weighted by atomic mass is 19.1. The fourth-order valence-corrected chi connectivity index (χ4v) is 3.07. The molecule has 2 fully saturated rings. The third-order valence-electron chi connectivity index (χ3n) is 4.78. The molecule has 2 N–H and O–H groups in total. The number of nitrogens with zero attached hydrogens (tertiary/aromatic N) is 2. The molecule has 1 aromatic carbocycles. The van der Waals surface area contributed by atoms with Gasteiger partial charge >= 0.3 is 6.09 Å². The Labute approximate surface area is 129 Å². The van der Waals surface area contributed by atoms with Gasteiger partial charge in [0.05, 0.1) is 11.7 Å². The highest BCUT2D eigenvalue weighted by molar-refractivity contribution is 5.65. The van der Waals surface area contributed by atoms with Crippen molar-refractivity contribution in [3.8, 4) is 0 Å². The minimum Gasteiger partial charge on any atom is -0.465 e. The van der Waals surface area contributed by atoms with E-state index in [1.165, 1.54) is 11.3 Å². The Balaban J connectivity index is 1.66. The molecule has 1 heterocycles. The van der Waals surface area contributed by atoms with Crippen molar-refractivity contribution in [3.05, 3.63) is 24.0 Å². The van der Waals surface area contributed by atoms with Crippen molar-refractivity contribution < 1.29 is 14.3 Å². The Morgan fingerprint density at radius 1 is 1.41 bits per heavy atom. The second kappa shape index (κ2) is 6.02. The number of carboxylic acid groups (broad SMARTS) is 1. The van der Waals surface area contributed by atoms with Crippen LogP contribution < -0.4 is 10.2 Å². The van der Waals surface area contributed by atoms with Crippen LogP contribution in [0.4, 0.5) is 20.6 Å². The van der Waals surface area contributed by atoms with Crippen LogP contribution in [0.2, 0.25) is 0 Å². The van der Waals surface area contributed by atoms with E-state index in [0.29, 0.717) is 24.8 Å². The van der Waals surface area contributed by atoms with E-state index in [4.69, 9.17) is 5.11 Å². The van der Waals surface area contributed by atoms with Crippen LogP contribution >= 0.6 is 0 Å². The topological polar surface area (TPSA) is 55.8 Å². The smallest absolute Gasteiger partial charge is 0.407 e. The SMILES string of the molecule is CN(C(=O)O)[C@@H]1CCN(c2ccc(NC3CCC3)cc2F)C1. The van der Waals surface area contributed by atoms with Crippen molar-refractivity contribution in [3.63, 3.8) is 0 Å². The summed E-state index contributed by atoms with van der Waals surface area (Å²) in [7, 11) is 1.57. The monoisotopic (exact) mass is 307 g/mol. The number of rotatable bonds is 4. The quantitative estimate of drug-likeness (QED) is 0.898. The van der Waals surface area contributed by atoms with E-state index < -0.39 is 6.09 Å². The summed E-state index contributed by atoms with van der Waals surface area (Å²) in [5.74, 6) is -0.247. The molecular weight excluding hydrogens is 285 g/mol. The Morgan fingerprint density at radius 3 is 2.77 bits per heavy atom. The first-order chi connectivity index (χ1) is 10.5. The summed E-state index contributed by atoms with van der Waals surface area (Å²) < 4.78 is 14.3. The van der Waals surface area contributed by atoms with E-state index >= 15 is 0 Å². The zero-order valence-electron chi connectivity index (χ0n) is 12.8. The summed E-state index contributed by atoms with van der Waals surface area (Å²) >= 11 is 0. The first-order valence-electron chi connectivity index (χ1n) is 7.81. The fraction of sp³-hybridized carbons (Fsp3) is 0.562. The van der Waals surface area contributed by atoms with Gasteiger partial charge in [-0.25, -0.2) is 9.18 Å². The van der Waals surface area contributed by atoms with E-state index in [1.807, 2.05) is 11.0 Å². The van der Waals surface area contributed by atoms with Crippen LogP contribution in [-0.2, 0) is 0 Å². The van der Waals surface area contributed by atoms with Crippen molar-refractivity contribution in [1.82, 2.24) is 4.90 Å². The summed E-state index contributed by atoms with van der Waals surface area (Å²) in [5, 5.41) is 12.4. The minimum atomic E-state index is -0.938. The molecule has 120 valence electrons. The van der Waals surface area contributed by atoms with E-state index in [-0.39, 0.29) is 11.9 Å². The van der Waals surface area contributed by atoms with E-state index in [9.17, 15) is 9.18 Å². The Morgan fingerprint density at radius 2 is 2.18 bits per heavy atom. The molecule has 0 unspecified atom stereocenters. The maximum absolute atomic E-state index is 14.3. The molecule has 1 saturated carbocycles. The maximum Gasteiger partial charge on any atom is 0.407 e. The summed E-state index contributed by atoms with van der Waals surface area (Å²) in [6, 6.07) is 5.64. The third-order valence-corrected chi connectivity index (χ3v) is 4.78. The first kappa shape index (κ1) is 14.9. The molecule has 2 aliphatic rings. The van der Waals surface area contributed by atoms with Gasteiger partial charge in [0.2, 0.25) is 0 Å². The number of hydrogen-bond donors (Lipinski definition) is 2. The van der Waals surface area contributed by atoms with Crippen molar-refractivity contribution in [2.24, 2.45) is 0 Å². The average molecular weight is 307 g/mol. The Bertz CT molecular complexity index is 562. The molecule has 1 aliphatic carbocycles. The predicted molar refractivity (Wildman–Crippen MR) is 84.1 cm³/mol.